The fourth-order valence-electron chi connectivity index (χ4n) is 2.19. The third-order valence-corrected chi connectivity index (χ3v) is 4.27. The van der Waals surface area contributed by atoms with E-state index in [4.69, 9.17) is 15.3 Å². The molecule has 2 heterocycles. The second-order valence-corrected chi connectivity index (χ2v) is 7.27. The first-order valence-corrected chi connectivity index (χ1v) is 8.36. The molecule has 2 aromatic rings. The van der Waals surface area contributed by atoms with E-state index in [2.05, 4.69) is 15.5 Å². The van der Waals surface area contributed by atoms with Gasteiger partial charge in [-0.25, -0.2) is 4.68 Å². The zero-order chi connectivity index (χ0) is 17.3. The number of anilines is 1. The molecule has 0 atom stereocenters. The van der Waals surface area contributed by atoms with Gasteiger partial charge in [-0.15, -0.1) is 10.2 Å². The van der Waals surface area contributed by atoms with Crippen LogP contribution in [0.25, 0.3) is 0 Å². The van der Waals surface area contributed by atoms with Crippen molar-refractivity contribution < 1.29 is 14.3 Å². The molecule has 0 aliphatic carbocycles. The Hall–Kier alpha value is -2.42. The van der Waals surface area contributed by atoms with Gasteiger partial charge in [-0.2, -0.15) is 0 Å². The molecule has 0 unspecified atom stereocenters. The molecule has 0 fully saturated rings. The summed E-state index contributed by atoms with van der Waals surface area (Å²) in [6.45, 7) is 6.20. The maximum Gasteiger partial charge on any atom is 0.234 e. The van der Waals surface area contributed by atoms with Gasteiger partial charge in [0.15, 0.2) is 17.3 Å². The molecule has 1 amide bonds. The largest absolute Gasteiger partial charge is 0.454 e. The molecule has 3 N–H and O–H groups in total. The van der Waals surface area contributed by atoms with Gasteiger partial charge in [0.1, 0.15) is 0 Å². The van der Waals surface area contributed by atoms with Crippen molar-refractivity contribution in [2.24, 2.45) is 0 Å². The number of ether oxygens (including phenoxy) is 2. The minimum absolute atomic E-state index is 0.167. The monoisotopic (exact) mass is 349 g/mol. The van der Waals surface area contributed by atoms with E-state index in [1.165, 1.54) is 16.4 Å². The van der Waals surface area contributed by atoms with Crippen molar-refractivity contribution >= 4 is 23.4 Å². The number of carbonyl (C=O) groups is 1. The molecule has 1 aliphatic heterocycles. The Morgan fingerprint density at radius 2 is 2.08 bits per heavy atom. The molecule has 0 bridgehead atoms. The molecule has 9 heteroatoms. The predicted molar refractivity (Wildman–Crippen MR) is 90.8 cm³/mol. The van der Waals surface area contributed by atoms with Crippen LogP contribution < -0.4 is 20.6 Å². The number of nitrogens with zero attached hydrogens (tertiary/aromatic N) is 3. The number of thioether (sulfide) groups is 1. The number of amides is 1. The molecule has 24 heavy (non-hydrogen) atoms. The number of hydrogen-bond donors (Lipinski definition) is 2. The lowest BCUT2D eigenvalue weighted by Gasteiger charge is -2.16. The first kappa shape index (κ1) is 16.4. The molecule has 1 aliphatic rings. The maximum absolute atomic E-state index is 12.1. The predicted octanol–water partition coefficient (Wildman–Crippen LogP) is 1.75. The van der Waals surface area contributed by atoms with E-state index in [1.54, 1.807) is 18.2 Å². The molecular formula is C15H19N5O3S. The highest BCUT2D eigenvalue weighted by molar-refractivity contribution is 7.99. The fraction of sp³-hybridized carbons (Fsp3) is 0.400. The van der Waals surface area contributed by atoms with E-state index >= 15 is 0 Å². The van der Waals surface area contributed by atoms with Gasteiger partial charge in [-0.3, -0.25) is 4.79 Å². The molecule has 3 rings (SSSR count). The summed E-state index contributed by atoms with van der Waals surface area (Å²) in [5.74, 6) is 7.97. The summed E-state index contributed by atoms with van der Waals surface area (Å²) in [7, 11) is 0. The van der Waals surface area contributed by atoms with Gasteiger partial charge in [0, 0.05) is 17.2 Å². The van der Waals surface area contributed by atoms with Gasteiger partial charge in [0.05, 0.1) is 5.75 Å². The number of benzene rings is 1. The van der Waals surface area contributed by atoms with Crippen molar-refractivity contribution in [3.8, 4) is 11.5 Å². The zero-order valence-electron chi connectivity index (χ0n) is 13.7. The van der Waals surface area contributed by atoms with Gasteiger partial charge in [-0.1, -0.05) is 32.5 Å². The van der Waals surface area contributed by atoms with Crippen LogP contribution in [0.1, 0.15) is 26.6 Å². The van der Waals surface area contributed by atoms with E-state index in [1.807, 2.05) is 20.8 Å². The van der Waals surface area contributed by atoms with Crippen LogP contribution >= 0.6 is 11.8 Å². The van der Waals surface area contributed by atoms with Crippen molar-refractivity contribution in [1.82, 2.24) is 14.9 Å². The second kappa shape index (κ2) is 6.23. The van der Waals surface area contributed by atoms with Crippen LogP contribution in [0.15, 0.2) is 23.4 Å². The zero-order valence-corrected chi connectivity index (χ0v) is 14.5. The summed E-state index contributed by atoms with van der Waals surface area (Å²) in [6, 6.07) is 5.25. The third-order valence-electron chi connectivity index (χ3n) is 3.32. The highest BCUT2D eigenvalue weighted by Crippen LogP contribution is 2.34. The Bertz CT molecular complexity index is 769. The number of hydrogen-bond acceptors (Lipinski definition) is 7. The molecule has 8 nitrogen and oxygen atoms in total. The van der Waals surface area contributed by atoms with E-state index < -0.39 is 0 Å². The van der Waals surface area contributed by atoms with Crippen LogP contribution in [-0.4, -0.2) is 33.3 Å². The SMILES string of the molecule is CC(C)(C)c1nnc(SCC(=O)Nc2ccc3c(c2)OCO3)n1N. The number of aromatic nitrogens is 3. The summed E-state index contributed by atoms with van der Waals surface area (Å²) >= 11 is 1.23. The van der Waals surface area contributed by atoms with Crippen molar-refractivity contribution in [3.05, 3.63) is 24.0 Å². The average Bonchev–Trinajstić information content (AvgIpc) is 3.10. The van der Waals surface area contributed by atoms with Crippen LogP contribution in [0.3, 0.4) is 0 Å². The first-order chi connectivity index (χ1) is 11.3. The number of nitrogens with two attached hydrogens (primary N) is 1. The average molecular weight is 349 g/mol. The lowest BCUT2D eigenvalue weighted by molar-refractivity contribution is -0.113. The highest BCUT2D eigenvalue weighted by Gasteiger charge is 2.23. The van der Waals surface area contributed by atoms with Crippen molar-refractivity contribution in [2.75, 3.05) is 23.7 Å². The van der Waals surface area contributed by atoms with Crippen LogP contribution in [0.5, 0.6) is 11.5 Å². The van der Waals surface area contributed by atoms with Gasteiger partial charge < -0.3 is 20.6 Å². The lowest BCUT2D eigenvalue weighted by atomic mass is 9.96. The number of nitrogen functional groups attached to an aromatic ring is 1. The van der Waals surface area contributed by atoms with Crippen LogP contribution in [0, 0.1) is 0 Å². The normalized spacial score (nSPS) is 13.1. The van der Waals surface area contributed by atoms with E-state index in [-0.39, 0.29) is 23.9 Å². The Balaban J connectivity index is 1.59. The Labute approximate surface area is 143 Å². The summed E-state index contributed by atoms with van der Waals surface area (Å²) in [6.07, 6.45) is 0. The fourth-order valence-corrected chi connectivity index (χ4v) is 2.84. The molecule has 1 aromatic carbocycles. The summed E-state index contributed by atoms with van der Waals surface area (Å²) < 4.78 is 11.9. The number of nitrogens with one attached hydrogen (secondary N) is 1. The molecule has 128 valence electrons. The van der Waals surface area contributed by atoms with Gasteiger partial charge >= 0.3 is 0 Å². The van der Waals surface area contributed by atoms with E-state index in [0.717, 1.165) is 0 Å². The highest BCUT2D eigenvalue weighted by atomic mass is 32.2. The number of carbonyl (C=O) groups excluding carboxylic acids is 1. The van der Waals surface area contributed by atoms with Crippen molar-refractivity contribution in [1.29, 1.82) is 0 Å². The van der Waals surface area contributed by atoms with Gasteiger partial charge in [0.25, 0.3) is 0 Å². The molecule has 0 saturated carbocycles. The maximum atomic E-state index is 12.1. The summed E-state index contributed by atoms with van der Waals surface area (Å²) in [5, 5.41) is 11.4. The van der Waals surface area contributed by atoms with Gasteiger partial charge in [0.2, 0.25) is 17.9 Å². The minimum Gasteiger partial charge on any atom is -0.454 e. The molecule has 1 aromatic heterocycles. The van der Waals surface area contributed by atoms with Crippen LogP contribution in [-0.2, 0) is 10.2 Å². The summed E-state index contributed by atoms with van der Waals surface area (Å²) in [5.41, 5.74) is 0.435. The molecule has 0 spiro atoms. The Morgan fingerprint density at radius 3 is 2.79 bits per heavy atom. The van der Waals surface area contributed by atoms with Crippen LogP contribution in [0.4, 0.5) is 5.69 Å². The first-order valence-electron chi connectivity index (χ1n) is 7.38. The number of fused-ring (bicyclic) bond motifs is 1. The molecule has 0 radical (unpaired) electrons. The van der Waals surface area contributed by atoms with E-state index in [9.17, 15) is 4.79 Å². The van der Waals surface area contributed by atoms with Crippen molar-refractivity contribution in [3.63, 3.8) is 0 Å². The lowest BCUT2D eigenvalue weighted by Crippen LogP contribution is -2.24. The Kier molecular flexibility index (Phi) is 4.27. The second-order valence-electron chi connectivity index (χ2n) is 6.33. The van der Waals surface area contributed by atoms with Gasteiger partial charge in [-0.05, 0) is 12.1 Å². The minimum atomic E-state index is -0.213. The topological polar surface area (TPSA) is 104 Å². The third kappa shape index (κ3) is 3.40. The molecule has 0 saturated heterocycles. The molecular weight excluding hydrogens is 330 g/mol. The smallest absolute Gasteiger partial charge is 0.234 e. The van der Waals surface area contributed by atoms with Crippen LogP contribution in [0.2, 0.25) is 0 Å². The van der Waals surface area contributed by atoms with E-state index in [0.29, 0.717) is 28.2 Å². The standard InChI is InChI=1S/C15H19N5O3S/c1-15(2,3)13-18-19-14(20(13)16)24-7-12(21)17-9-4-5-10-11(6-9)23-8-22-10/h4-6H,7-8,16H2,1-3H3,(H,17,21). The summed E-state index contributed by atoms with van der Waals surface area (Å²) in [4.78, 5) is 12.1. The Morgan fingerprint density at radius 1 is 1.33 bits per heavy atom. The number of rotatable bonds is 4. The quantitative estimate of drug-likeness (QED) is 0.640. The van der Waals surface area contributed by atoms with Crippen molar-refractivity contribution in [2.45, 2.75) is 31.3 Å².